The molecule has 180 valence electrons. The summed E-state index contributed by atoms with van der Waals surface area (Å²) in [5, 5.41) is 3.46. The second-order valence-electron chi connectivity index (χ2n) is 8.99. The molecule has 1 unspecified atom stereocenters. The predicted octanol–water partition coefficient (Wildman–Crippen LogP) is 6.99. The first-order valence-corrected chi connectivity index (χ1v) is 12.4. The Bertz CT molecular complexity index is 1600. The van der Waals surface area contributed by atoms with Gasteiger partial charge in [-0.05, 0) is 42.3 Å². The highest BCUT2D eigenvalue weighted by atomic mass is 15.1. The molecule has 1 aliphatic rings. The van der Waals surface area contributed by atoms with Crippen LogP contribution in [-0.4, -0.2) is 25.4 Å². The SMILES string of the molecule is C[C@H]1C=CC=CC1n1c(-c2ccc(/C(=N/c3ccccn3)Nc3ccccc3)cc2)nc2ncccc21. The molecular weight excluding hydrogens is 456 g/mol. The summed E-state index contributed by atoms with van der Waals surface area (Å²) in [6.07, 6.45) is 12.2. The minimum atomic E-state index is 0.162. The van der Waals surface area contributed by atoms with Crippen molar-refractivity contribution in [1.82, 2.24) is 19.5 Å². The molecule has 0 spiro atoms. The van der Waals surface area contributed by atoms with E-state index < -0.39 is 0 Å². The number of hydrogen-bond donors (Lipinski definition) is 1. The van der Waals surface area contributed by atoms with Crippen molar-refractivity contribution in [1.29, 1.82) is 0 Å². The zero-order valence-electron chi connectivity index (χ0n) is 20.4. The van der Waals surface area contributed by atoms with Crippen molar-refractivity contribution in [2.24, 2.45) is 10.9 Å². The third kappa shape index (κ3) is 4.69. The number of para-hydroxylation sites is 1. The van der Waals surface area contributed by atoms with E-state index in [9.17, 15) is 0 Å². The van der Waals surface area contributed by atoms with Gasteiger partial charge in [-0.3, -0.25) is 0 Å². The fourth-order valence-electron chi connectivity index (χ4n) is 4.60. The molecule has 6 heteroatoms. The van der Waals surface area contributed by atoms with Crippen LogP contribution in [0, 0.1) is 5.92 Å². The number of nitrogens with one attached hydrogen (secondary N) is 1. The smallest absolute Gasteiger partial charge is 0.178 e. The van der Waals surface area contributed by atoms with Crippen LogP contribution in [0.25, 0.3) is 22.6 Å². The van der Waals surface area contributed by atoms with E-state index in [0.717, 1.165) is 39.6 Å². The van der Waals surface area contributed by atoms with Gasteiger partial charge in [0.2, 0.25) is 0 Å². The number of rotatable bonds is 5. The fraction of sp³-hybridized carbons (Fsp3) is 0.0968. The molecule has 3 aromatic heterocycles. The maximum atomic E-state index is 4.94. The average Bonchev–Trinajstić information content (AvgIpc) is 3.34. The number of amidine groups is 1. The summed E-state index contributed by atoms with van der Waals surface area (Å²) < 4.78 is 2.30. The molecule has 5 aromatic rings. The third-order valence-electron chi connectivity index (χ3n) is 6.47. The van der Waals surface area contributed by atoms with Crippen LogP contribution in [0.4, 0.5) is 11.5 Å². The summed E-state index contributed by atoms with van der Waals surface area (Å²) in [5.74, 6) is 2.61. The highest BCUT2D eigenvalue weighted by molar-refractivity contribution is 6.09. The Labute approximate surface area is 215 Å². The molecule has 2 atom stereocenters. The number of nitrogens with zero attached hydrogens (tertiary/aromatic N) is 5. The summed E-state index contributed by atoms with van der Waals surface area (Å²) in [7, 11) is 0. The Kier molecular flexibility index (Phi) is 6.13. The van der Waals surface area contributed by atoms with E-state index in [4.69, 9.17) is 9.98 Å². The van der Waals surface area contributed by atoms with E-state index in [0.29, 0.717) is 11.7 Å². The lowest BCUT2D eigenvalue weighted by atomic mass is 9.96. The number of pyridine rings is 2. The number of anilines is 1. The first kappa shape index (κ1) is 22.6. The Balaban J connectivity index is 1.41. The highest BCUT2D eigenvalue weighted by Gasteiger charge is 2.23. The summed E-state index contributed by atoms with van der Waals surface area (Å²) in [6.45, 7) is 2.23. The van der Waals surface area contributed by atoms with Gasteiger partial charge < -0.3 is 9.88 Å². The van der Waals surface area contributed by atoms with E-state index in [1.807, 2.05) is 54.6 Å². The van der Waals surface area contributed by atoms with Crippen LogP contribution in [0.2, 0.25) is 0 Å². The Morgan fingerprint density at radius 1 is 0.811 bits per heavy atom. The molecule has 0 amide bonds. The molecule has 2 aromatic carbocycles. The molecule has 6 rings (SSSR count). The van der Waals surface area contributed by atoms with Crippen LogP contribution in [-0.2, 0) is 0 Å². The lowest BCUT2D eigenvalue weighted by Crippen LogP contribution is -2.16. The standard InChI is InChI=1S/C31H26N6/c1-22-10-5-6-13-26(22)37-27-14-9-21-33-30(27)36-31(37)24-18-16-23(17-19-24)29(34-25-11-3-2-4-12-25)35-28-15-7-8-20-32-28/h2-22,26H,1H3,(H,32,34,35)/t22-,26?/m0/s1. The van der Waals surface area contributed by atoms with Crippen molar-refractivity contribution in [2.75, 3.05) is 5.32 Å². The van der Waals surface area contributed by atoms with Gasteiger partial charge in [-0.15, -0.1) is 0 Å². The minimum Gasteiger partial charge on any atom is -0.340 e. The molecule has 0 bridgehead atoms. The van der Waals surface area contributed by atoms with Gasteiger partial charge in [-0.1, -0.05) is 79.8 Å². The molecule has 37 heavy (non-hydrogen) atoms. The zero-order valence-corrected chi connectivity index (χ0v) is 20.4. The van der Waals surface area contributed by atoms with Crippen LogP contribution >= 0.6 is 0 Å². The second-order valence-corrected chi connectivity index (χ2v) is 8.99. The number of fused-ring (bicyclic) bond motifs is 1. The van der Waals surface area contributed by atoms with Crippen LogP contribution in [0.5, 0.6) is 0 Å². The zero-order chi connectivity index (χ0) is 25.0. The first-order valence-electron chi connectivity index (χ1n) is 12.4. The second kappa shape index (κ2) is 10.0. The number of hydrogen-bond acceptors (Lipinski definition) is 4. The van der Waals surface area contributed by atoms with Crippen molar-refractivity contribution >= 4 is 28.5 Å². The number of benzene rings is 2. The minimum absolute atomic E-state index is 0.162. The van der Waals surface area contributed by atoms with E-state index >= 15 is 0 Å². The summed E-state index contributed by atoms with van der Waals surface area (Å²) >= 11 is 0. The van der Waals surface area contributed by atoms with E-state index in [1.165, 1.54) is 0 Å². The quantitative estimate of drug-likeness (QED) is 0.217. The maximum Gasteiger partial charge on any atom is 0.178 e. The van der Waals surface area contributed by atoms with Crippen molar-refractivity contribution in [3.05, 3.63) is 127 Å². The molecule has 0 radical (unpaired) electrons. The van der Waals surface area contributed by atoms with Gasteiger partial charge in [-0.2, -0.15) is 0 Å². The topological polar surface area (TPSA) is 68.0 Å². The summed E-state index contributed by atoms with van der Waals surface area (Å²) in [4.78, 5) is 18.7. The van der Waals surface area contributed by atoms with Crippen molar-refractivity contribution in [3.8, 4) is 11.4 Å². The number of allylic oxidation sites excluding steroid dienone is 4. The molecule has 0 saturated carbocycles. The molecule has 0 saturated heterocycles. The van der Waals surface area contributed by atoms with Gasteiger partial charge in [-0.25, -0.2) is 19.9 Å². The van der Waals surface area contributed by atoms with Gasteiger partial charge in [0.15, 0.2) is 11.5 Å². The molecule has 1 aliphatic carbocycles. The highest BCUT2D eigenvalue weighted by Crippen LogP contribution is 2.34. The number of aromatic nitrogens is 4. The van der Waals surface area contributed by atoms with Crippen LogP contribution in [0.3, 0.4) is 0 Å². The molecule has 1 N–H and O–H groups in total. The van der Waals surface area contributed by atoms with E-state index in [-0.39, 0.29) is 6.04 Å². The van der Waals surface area contributed by atoms with Crippen molar-refractivity contribution in [2.45, 2.75) is 13.0 Å². The van der Waals surface area contributed by atoms with E-state index in [1.54, 1.807) is 12.4 Å². The Hall–Kier alpha value is -4.84. The lowest BCUT2D eigenvalue weighted by Gasteiger charge is -2.24. The monoisotopic (exact) mass is 482 g/mol. The Morgan fingerprint density at radius 2 is 1.59 bits per heavy atom. The lowest BCUT2D eigenvalue weighted by molar-refractivity contribution is 0.500. The summed E-state index contributed by atoms with van der Waals surface area (Å²) in [5.41, 5.74) is 4.71. The first-order chi connectivity index (χ1) is 18.3. The van der Waals surface area contributed by atoms with Gasteiger partial charge in [0.25, 0.3) is 0 Å². The molecule has 0 aliphatic heterocycles. The van der Waals surface area contributed by atoms with Crippen LogP contribution in [0.1, 0.15) is 18.5 Å². The molecule has 6 nitrogen and oxygen atoms in total. The van der Waals surface area contributed by atoms with Gasteiger partial charge in [0.05, 0.1) is 11.6 Å². The van der Waals surface area contributed by atoms with Crippen molar-refractivity contribution < 1.29 is 0 Å². The Morgan fingerprint density at radius 3 is 2.38 bits per heavy atom. The number of aliphatic imine (C=N–C) groups is 1. The molecular formula is C31H26N6. The normalized spacial score (nSPS) is 17.3. The largest absolute Gasteiger partial charge is 0.340 e. The van der Waals surface area contributed by atoms with Gasteiger partial charge in [0.1, 0.15) is 11.7 Å². The maximum absolute atomic E-state index is 4.94. The van der Waals surface area contributed by atoms with Crippen molar-refractivity contribution in [3.63, 3.8) is 0 Å². The van der Waals surface area contributed by atoms with Crippen LogP contribution < -0.4 is 5.32 Å². The average molecular weight is 483 g/mol. The number of imidazole rings is 1. The fourth-order valence-corrected chi connectivity index (χ4v) is 4.60. The van der Waals surface area contributed by atoms with Crippen LogP contribution in [0.15, 0.2) is 127 Å². The molecule has 3 heterocycles. The van der Waals surface area contributed by atoms with Gasteiger partial charge >= 0.3 is 0 Å². The summed E-state index contributed by atoms with van der Waals surface area (Å²) in [6, 6.07) is 28.3. The predicted molar refractivity (Wildman–Crippen MR) is 150 cm³/mol. The molecule has 0 fully saturated rings. The third-order valence-corrected chi connectivity index (χ3v) is 6.47. The van der Waals surface area contributed by atoms with Gasteiger partial charge in [0, 0.05) is 29.2 Å². The van der Waals surface area contributed by atoms with E-state index in [2.05, 4.69) is 81.4 Å².